The van der Waals surface area contributed by atoms with Gasteiger partial charge in [0.05, 0.1) is 11.6 Å². The van der Waals surface area contributed by atoms with Crippen molar-refractivity contribution in [2.75, 3.05) is 13.6 Å². The van der Waals surface area contributed by atoms with Crippen LogP contribution in [0.5, 0.6) is 5.75 Å². The zero-order valence-electron chi connectivity index (χ0n) is 42.3. The molecule has 0 aliphatic heterocycles. The molecule has 69 heavy (non-hydrogen) atoms. The lowest BCUT2D eigenvalue weighted by Crippen LogP contribution is -2.41. The van der Waals surface area contributed by atoms with Crippen LogP contribution in [0.2, 0.25) is 0 Å². The first-order valence-corrected chi connectivity index (χ1v) is 24.3. The summed E-state index contributed by atoms with van der Waals surface area (Å²) in [6, 6.07) is 55.2. The van der Waals surface area contributed by atoms with Crippen LogP contribution < -0.4 is 27.7 Å². The van der Waals surface area contributed by atoms with Gasteiger partial charge in [-0.2, -0.15) is 0 Å². The average Bonchev–Trinajstić information content (AvgIpc) is 3.71. The highest BCUT2D eigenvalue weighted by molar-refractivity contribution is 5.93. The molecule has 10 rings (SSSR count). The van der Waals surface area contributed by atoms with Crippen LogP contribution in [0, 0.1) is 19.3 Å². The molecule has 0 unspecified atom stereocenters. The Kier molecular flexibility index (Phi) is 21.8. The van der Waals surface area contributed by atoms with E-state index in [-0.39, 0.29) is 10.8 Å². The van der Waals surface area contributed by atoms with Crippen molar-refractivity contribution >= 4 is 12.3 Å². The summed E-state index contributed by atoms with van der Waals surface area (Å²) in [7, 11) is 1.50. The molecular weight excluding hydrogens is 843 g/mol. The van der Waals surface area contributed by atoms with E-state index in [9.17, 15) is 0 Å². The minimum Gasteiger partial charge on any atom is -0.462 e. The molecule has 6 aromatic carbocycles. The molecule has 6 heteroatoms. The van der Waals surface area contributed by atoms with Gasteiger partial charge in [-0.3, -0.25) is 0 Å². The van der Waals surface area contributed by atoms with Crippen LogP contribution in [0.25, 0.3) is 5.57 Å². The monoisotopic (exact) mass is 920 g/mol. The van der Waals surface area contributed by atoms with Crippen LogP contribution in [0.15, 0.2) is 211 Å². The third-order valence-corrected chi connectivity index (χ3v) is 12.8. The summed E-state index contributed by atoms with van der Waals surface area (Å²) in [5.74, 6) is 1.65. The number of ether oxygens (including phenoxy) is 1. The van der Waals surface area contributed by atoms with Gasteiger partial charge in [0.2, 0.25) is 0 Å². The first-order valence-electron chi connectivity index (χ1n) is 24.3. The number of hydrogen-bond acceptors (Lipinski definition) is 6. The molecule has 6 aromatic rings. The number of allylic oxidation sites excluding steroid dienone is 7. The third-order valence-electron chi connectivity index (χ3n) is 12.8. The molecule has 0 heterocycles. The molecule has 0 amide bonds. The number of fused-ring (bicyclic) bond motifs is 8. The lowest BCUT2D eigenvalue weighted by atomic mass is 9.54. The number of rotatable bonds is 6. The molecule has 0 saturated carbocycles. The molecule has 0 fully saturated rings. The topological polar surface area (TPSA) is 137 Å². The van der Waals surface area contributed by atoms with Crippen molar-refractivity contribution in [1.82, 2.24) is 0 Å². The molecule has 360 valence electrons. The Labute approximate surface area is 414 Å². The third kappa shape index (κ3) is 12.9. The van der Waals surface area contributed by atoms with Crippen LogP contribution in [0.4, 0.5) is 0 Å². The van der Waals surface area contributed by atoms with E-state index in [1.807, 2.05) is 99.6 Å². The Bertz CT molecular complexity index is 2600. The van der Waals surface area contributed by atoms with E-state index in [0.717, 1.165) is 54.9 Å². The molecule has 4 aliphatic carbocycles. The van der Waals surface area contributed by atoms with Crippen LogP contribution in [-0.2, 0) is 17.3 Å². The average molecular weight is 920 g/mol. The van der Waals surface area contributed by atoms with Gasteiger partial charge in [0.25, 0.3) is 0 Å². The number of nitrogens with one attached hydrogen (secondary N) is 1. The smallest absolute Gasteiger partial charge is 0.129 e. The fourth-order valence-corrected chi connectivity index (χ4v) is 9.63. The second-order valence-corrected chi connectivity index (χ2v) is 17.3. The minimum absolute atomic E-state index is 0.0545. The van der Waals surface area contributed by atoms with E-state index in [1.54, 1.807) is 0 Å². The number of benzene rings is 6. The van der Waals surface area contributed by atoms with Crippen molar-refractivity contribution in [1.29, 1.82) is 5.41 Å². The van der Waals surface area contributed by atoms with Crippen LogP contribution in [-0.4, -0.2) is 26.5 Å². The summed E-state index contributed by atoms with van der Waals surface area (Å²) < 4.78 is 5.75. The van der Waals surface area contributed by atoms with Gasteiger partial charge in [-0.05, 0) is 126 Å². The lowest BCUT2D eigenvalue weighted by molar-refractivity contribution is 0.413. The summed E-state index contributed by atoms with van der Waals surface area (Å²) in [6.45, 7) is 20.2. The van der Waals surface area contributed by atoms with Gasteiger partial charge < -0.3 is 33.1 Å². The predicted octanol–water partition coefficient (Wildman–Crippen LogP) is 13.6. The molecular formula is C63H77N5O. The zero-order valence-corrected chi connectivity index (χ0v) is 42.3. The molecule has 4 aliphatic rings. The highest BCUT2D eigenvalue weighted by Crippen LogP contribution is 2.63. The zero-order chi connectivity index (χ0) is 50.4. The Hall–Kier alpha value is -6.67. The molecule has 1 spiro atoms. The molecule has 6 nitrogen and oxygen atoms in total. The predicted molar refractivity (Wildman–Crippen MR) is 297 cm³/mol. The Morgan fingerprint density at radius 1 is 0.638 bits per heavy atom. The van der Waals surface area contributed by atoms with Crippen molar-refractivity contribution in [3.63, 3.8) is 0 Å². The normalized spacial score (nSPS) is 14.5. The molecule has 0 radical (unpaired) electrons. The highest BCUT2D eigenvalue weighted by Gasteiger charge is 2.54. The Morgan fingerprint density at radius 2 is 1.13 bits per heavy atom. The van der Waals surface area contributed by atoms with E-state index >= 15 is 0 Å². The number of para-hydroxylation sites is 1. The van der Waals surface area contributed by atoms with Crippen LogP contribution >= 0.6 is 0 Å². The van der Waals surface area contributed by atoms with Gasteiger partial charge in [0.1, 0.15) is 11.5 Å². The largest absolute Gasteiger partial charge is 0.462 e. The van der Waals surface area contributed by atoms with E-state index in [0.29, 0.717) is 0 Å². The quantitative estimate of drug-likeness (QED) is 0.0644. The van der Waals surface area contributed by atoms with Gasteiger partial charge >= 0.3 is 0 Å². The summed E-state index contributed by atoms with van der Waals surface area (Å²) >= 11 is 0. The number of aryl methyl sites for hydroxylation is 2. The van der Waals surface area contributed by atoms with E-state index in [1.165, 1.54) is 74.7 Å². The first-order chi connectivity index (χ1) is 33.6. The Balaban J connectivity index is 0.000000233. The maximum absolute atomic E-state index is 6.15. The van der Waals surface area contributed by atoms with Crippen molar-refractivity contribution < 1.29 is 4.74 Å². The number of nitrogens with two attached hydrogens (primary N) is 4. The summed E-state index contributed by atoms with van der Waals surface area (Å²) in [4.78, 5) is 0. The Morgan fingerprint density at radius 3 is 1.64 bits per heavy atom. The van der Waals surface area contributed by atoms with Crippen LogP contribution in [0.1, 0.15) is 103 Å². The molecule has 0 aromatic heterocycles. The van der Waals surface area contributed by atoms with Gasteiger partial charge in [-0.1, -0.05) is 216 Å². The molecule has 0 atom stereocenters. The molecule has 0 bridgehead atoms. The fraction of sp³-hybridized carbons (Fsp3) is 0.254. The highest BCUT2D eigenvalue weighted by atomic mass is 16.5. The van der Waals surface area contributed by atoms with Crippen molar-refractivity contribution in [2.24, 2.45) is 22.9 Å². The second-order valence-electron chi connectivity index (χ2n) is 17.3. The molecule has 9 N–H and O–H groups in total. The van der Waals surface area contributed by atoms with Crippen molar-refractivity contribution in [3.05, 3.63) is 261 Å². The lowest BCUT2D eigenvalue weighted by Gasteiger charge is -2.48. The maximum Gasteiger partial charge on any atom is 0.129 e. The van der Waals surface area contributed by atoms with Crippen molar-refractivity contribution in [3.8, 4) is 5.75 Å². The SMILES string of the molecule is C=C(Cc1ccccc1)Oc1ccccc1C.C=N.CC.CN.Cc1cccc2c1C1=C(CCC(C(N)N)=C1)C21c2ccccc2C(C)(C)c2ccccc21.NCC1=CC=CCC1.c1ccccc1. The minimum atomic E-state index is -0.405. The first kappa shape index (κ1) is 54.9. The van der Waals surface area contributed by atoms with Crippen molar-refractivity contribution in [2.45, 2.75) is 90.6 Å². The summed E-state index contributed by atoms with van der Waals surface area (Å²) in [5.41, 5.74) is 39.4. The standard InChI is InChI=1S/C30H30N2.C16H16O.C7H11N.C6H6.C2H6.CH5N.CH3N/c1-18-9-8-14-26-27(18)20-17-19(28(31)32)15-16-21(20)30(26)24-12-6-4-10-22(24)29(2,3)23-11-5-7-13-25(23)30;1-13-8-6-7-11-16(13)17-14(2)12-15-9-4-3-5-10-15;8-6-7-4-2-1-3-5-7;1-2-4-6-5-3-1;3*1-2/h4-14,17,28H,15-16,31-32H2,1-3H3;3-11H,2,12H2,1H3;1-2,4H,3,5-6,8H2;1-6H;1-2H3;2H2,1H3;2H,1H2. The van der Waals surface area contributed by atoms with Gasteiger partial charge in [0.15, 0.2) is 0 Å². The fourth-order valence-electron chi connectivity index (χ4n) is 9.63. The summed E-state index contributed by atoms with van der Waals surface area (Å²) in [6.07, 6.45) is 13.2. The summed E-state index contributed by atoms with van der Waals surface area (Å²) in [5, 5.41) is 5.50. The van der Waals surface area contributed by atoms with Crippen LogP contribution in [0.3, 0.4) is 0 Å². The van der Waals surface area contributed by atoms with E-state index in [2.05, 4.69) is 143 Å². The second kappa shape index (κ2) is 27.4. The van der Waals surface area contributed by atoms with Gasteiger partial charge in [-0.25, -0.2) is 0 Å². The molecule has 0 saturated heterocycles. The van der Waals surface area contributed by atoms with E-state index < -0.39 is 6.17 Å². The van der Waals surface area contributed by atoms with E-state index in [4.69, 9.17) is 27.3 Å². The number of hydrogen-bond donors (Lipinski definition) is 5. The van der Waals surface area contributed by atoms with Gasteiger partial charge in [-0.15, -0.1) is 0 Å². The van der Waals surface area contributed by atoms with Gasteiger partial charge in [0, 0.05) is 18.4 Å². The maximum atomic E-state index is 6.15.